The van der Waals surface area contributed by atoms with Gasteiger partial charge in [-0.15, -0.1) is 0 Å². The Bertz CT molecular complexity index is 581. The van der Waals surface area contributed by atoms with Gasteiger partial charge in [0.05, 0.1) is 23.9 Å². The van der Waals surface area contributed by atoms with Crippen LogP contribution < -0.4 is 5.32 Å². The van der Waals surface area contributed by atoms with E-state index in [1.807, 2.05) is 0 Å². The number of hydrogen-bond acceptors (Lipinski definition) is 6. The highest BCUT2D eigenvalue weighted by molar-refractivity contribution is 7.16. The van der Waals surface area contributed by atoms with Gasteiger partial charge >= 0.3 is 0 Å². The molecule has 0 aliphatic heterocycles. The molecule has 1 amide bonds. The summed E-state index contributed by atoms with van der Waals surface area (Å²) in [6, 6.07) is 0. The van der Waals surface area contributed by atoms with Crippen molar-refractivity contribution in [2.24, 2.45) is 0 Å². The third kappa shape index (κ3) is 3.13. The summed E-state index contributed by atoms with van der Waals surface area (Å²) in [5.74, 6) is 5.23. The van der Waals surface area contributed by atoms with E-state index in [9.17, 15) is 4.79 Å². The van der Waals surface area contributed by atoms with E-state index in [0.717, 1.165) is 4.88 Å². The highest BCUT2D eigenvalue weighted by Crippen LogP contribution is 2.17. The fraction of sp³-hybridized carbons (Fsp3) is 0.200. The summed E-state index contributed by atoms with van der Waals surface area (Å²) in [6.07, 6.45) is 3.30. The average Bonchev–Trinajstić information content (AvgIpc) is 3.00. The molecule has 0 unspecified atom stereocenters. The van der Waals surface area contributed by atoms with E-state index in [1.165, 1.54) is 17.5 Å². The van der Waals surface area contributed by atoms with Crippen LogP contribution in [-0.4, -0.2) is 38.0 Å². The minimum absolute atomic E-state index is 0.0293. The molecule has 0 atom stereocenters. The zero-order valence-corrected chi connectivity index (χ0v) is 9.99. The molecule has 0 saturated heterocycles. The first-order valence-corrected chi connectivity index (χ1v) is 5.84. The van der Waals surface area contributed by atoms with Gasteiger partial charge in [0.1, 0.15) is 0 Å². The fourth-order valence-corrected chi connectivity index (χ4v) is 1.75. The third-order valence-electron chi connectivity index (χ3n) is 1.82. The Morgan fingerprint density at radius 1 is 1.56 bits per heavy atom. The van der Waals surface area contributed by atoms with Crippen molar-refractivity contribution in [3.05, 3.63) is 23.0 Å². The predicted octanol–water partition coefficient (Wildman–Crippen LogP) is 0.247. The van der Waals surface area contributed by atoms with Gasteiger partial charge in [-0.3, -0.25) is 10.1 Å². The van der Waals surface area contributed by atoms with Crippen LogP contribution in [0.2, 0.25) is 0 Å². The molecule has 8 heteroatoms. The van der Waals surface area contributed by atoms with Crippen molar-refractivity contribution in [3.63, 3.8) is 0 Å². The lowest BCUT2D eigenvalue weighted by molar-refractivity contribution is 0.102. The largest absolute Gasteiger partial charge is 0.395 e. The second-order valence-electron chi connectivity index (χ2n) is 3.11. The van der Waals surface area contributed by atoms with Crippen LogP contribution in [0.5, 0.6) is 0 Å². The first-order chi connectivity index (χ1) is 8.79. The molecule has 0 saturated carbocycles. The van der Waals surface area contributed by atoms with E-state index in [0.29, 0.717) is 11.6 Å². The number of nitrogens with zero attached hydrogens (tertiary/aromatic N) is 3. The molecule has 92 valence electrons. The Hall–Kier alpha value is -2.24. The number of aliphatic hydroxyl groups excluding tert-OH is 1. The van der Waals surface area contributed by atoms with Crippen molar-refractivity contribution >= 4 is 22.4 Å². The molecule has 7 nitrogen and oxygen atoms in total. The molecular formula is C10H9N5O2S. The number of anilines is 1. The molecule has 18 heavy (non-hydrogen) atoms. The number of carbonyl (C=O) groups is 1. The molecular weight excluding hydrogens is 254 g/mol. The maximum absolute atomic E-state index is 11.6. The van der Waals surface area contributed by atoms with Gasteiger partial charge in [0, 0.05) is 6.42 Å². The van der Waals surface area contributed by atoms with E-state index < -0.39 is 0 Å². The lowest BCUT2D eigenvalue weighted by Gasteiger charge is -1.95. The Morgan fingerprint density at radius 3 is 3.17 bits per heavy atom. The smallest absolute Gasteiger partial charge is 0.279 e. The Morgan fingerprint density at radius 2 is 2.44 bits per heavy atom. The molecule has 0 aliphatic carbocycles. The van der Waals surface area contributed by atoms with Crippen LogP contribution in [0.3, 0.4) is 0 Å². The summed E-state index contributed by atoms with van der Waals surface area (Å²) in [6.45, 7) is 0.0293. The standard InChI is InChI=1S/C10H9N5O2S/c16-4-2-1-3-7-5-11-10(18-7)13-9(17)8-6-12-15-14-8/h5-6,16H,2,4H2,(H,11,13,17)(H,12,14,15). The normalized spacial score (nSPS) is 9.61. The number of hydrogen-bond donors (Lipinski definition) is 3. The van der Waals surface area contributed by atoms with Crippen molar-refractivity contribution in [2.75, 3.05) is 11.9 Å². The van der Waals surface area contributed by atoms with Crippen LogP contribution in [0.15, 0.2) is 12.4 Å². The maximum atomic E-state index is 11.6. The molecule has 2 rings (SSSR count). The summed E-state index contributed by atoms with van der Waals surface area (Å²) in [5.41, 5.74) is 0.193. The molecule has 0 aliphatic rings. The van der Waals surface area contributed by atoms with Crippen LogP contribution in [-0.2, 0) is 0 Å². The zero-order valence-electron chi connectivity index (χ0n) is 9.17. The van der Waals surface area contributed by atoms with Gasteiger partial charge in [0.15, 0.2) is 10.8 Å². The first kappa shape index (κ1) is 12.2. The van der Waals surface area contributed by atoms with Crippen LogP contribution in [0.4, 0.5) is 5.13 Å². The van der Waals surface area contributed by atoms with E-state index in [2.05, 4.69) is 37.6 Å². The predicted molar refractivity (Wildman–Crippen MR) is 65.0 cm³/mol. The number of nitrogens with one attached hydrogen (secondary N) is 2. The summed E-state index contributed by atoms with van der Waals surface area (Å²) >= 11 is 1.25. The van der Waals surface area contributed by atoms with Crippen LogP contribution >= 0.6 is 11.3 Å². The monoisotopic (exact) mass is 263 g/mol. The summed E-state index contributed by atoms with van der Waals surface area (Å²) in [4.78, 5) is 16.3. The quantitative estimate of drug-likeness (QED) is 0.688. The number of aliphatic hydroxyl groups is 1. The van der Waals surface area contributed by atoms with Gasteiger partial charge < -0.3 is 5.11 Å². The second kappa shape index (κ2) is 5.90. The highest BCUT2D eigenvalue weighted by Gasteiger charge is 2.10. The van der Waals surface area contributed by atoms with Crippen LogP contribution in [0.1, 0.15) is 21.8 Å². The topological polar surface area (TPSA) is 104 Å². The van der Waals surface area contributed by atoms with Gasteiger partial charge in [0.2, 0.25) is 0 Å². The molecule has 0 radical (unpaired) electrons. The van der Waals surface area contributed by atoms with Crippen molar-refractivity contribution in [2.45, 2.75) is 6.42 Å². The van der Waals surface area contributed by atoms with Gasteiger partial charge in [-0.1, -0.05) is 23.2 Å². The van der Waals surface area contributed by atoms with Gasteiger partial charge in [-0.25, -0.2) is 4.98 Å². The van der Waals surface area contributed by atoms with Crippen LogP contribution in [0.25, 0.3) is 0 Å². The maximum Gasteiger partial charge on any atom is 0.279 e. The molecule has 0 fully saturated rings. The number of aromatic amines is 1. The Balaban J connectivity index is 1.99. The number of H-pyrrole nitrogens is 1. The van der Waals surface area contributed by atoms with Crippen LogP contribution in [0, 0.1) is 11.8 Å². The Kier molecular flexibility index (Phi) is 4.01. The Labute approximate surface area is 106 Å². The van der Waals surface area contributed by atoms with Crippen molar-refractivity contribution in [1.29, 1.82) is 0 Å². The first-order valence-electron chi connectivity index (χ1n) is 5.02. The number of amides is 1. The zero-order chi connectivity index (χ0) is 12.8. The molecule has 2 aromatic heterocycles. The molecule has 3 N–H and O–H groups in total. The van der Waals surface area contributed by atoms with E-state index in [1.54, 1.807) is 6.20 Å². The summed E-state index contributed by atoms with van der Waals surface area (Å²) in [7, 11) is 0. The van der Waals surface area contributed by atoms with Gasteiger partial charge in [-0.05, 0) is 0 Å². The molecule has 0 aromatic carbocycles. The molecule has 0 spiro atoms. The fourth-order valence-electron chi connectivity index (χ4n) is 1.07. The van der Waals surface area contributed by atoms with E-state index in [-0.39, 0.29) is 18.2 Å². The van der Waals surface area contributed by atoms with E-state index in [4.69, 9.17) is 5.11 Å². The van der Waals surface area contributed by atoms with Crippen molar-refractivity contribution in [3.8, 4) is 11.8 Å². The minimum atomic E-state index is -0.382. The SMILES string of the molecule is O=C(Nc1ncc(C#CCCO)s1)c1cn[nH]n1. The summed E-state index contributed by atoms with van der Waals surface area (Å²) in [5, 5.41) is 21.2. The lowest BCUT2D eigenvalue weighted by atomic mass is 10.4. The third-order valence-corrected chi connectivity index (χ3v) is 2.65. The second-order valence-corrected chi connectivity index (χ2v) is 4.15. The number of thiazole rings is 1. The summed E-state index contributed by atoms with van der Waals surface area (Å²) < 4.78 is 0. The molecule has 0 bridgehead atoms. The minimum Gasteiger partial charge on any atom is -0.395 e. The molecule has 2 heterocycles. The molecule has 2 aromatic rings. The number of rotatable bonds is 3. The number of aromatic nitrogens is 4. The highest BCUT2D eigenvalue weighted by atomic mass is 32.1. The van der Waals surface area contributed by atoms with Crippen molar-refractivity contribution < 1.29 is 9.90 Å². The lowest BCUT2D eigenvalue weighted by Crippen LogP contribution is -2.11. The van der Waals surface area contributed by atoms with Crippen molar-refractivity contribution in [1.82, 2.24) is 20.4 Å². The van der Waals surface area contributed by atoms with Gasteiger partial charge in [0.25, 0.3) is 5.91 Å². The average molecular weight is 263 g/mol. The van der Waals surface area contributed by atoms with Gasteiger partial charge in [-0.2, -0.15) is 15.4 Å². The number of carbonyl (C=O) groups excluding carboxylic acids is 1. The van der Waals surface area contributed by atoms with E-state index >= 15 is 0 Å².